The standard InChI is InChI=1S/C17H19ClN2O/c1-12(14-8-4-3-5-9-14)19-13(2)17(21)20-16-11-7-6-10-15(16)18/h3-13,19H,1-2H3,(H,20,21)/p+1/t12-,13+/m1/s1. The second-order valence-corrected chi connectivity index (χ2v) is 5.56. The van der Waals surface area contributed by atoms with E-state index in [4.69, 9.17) is 11.6 Å². The van der Waals surface area contributed by atoms with Gasteiger partial charge in [-0.25, -0.2) is 0 Å². The van der Waals surface area contributed by atoms with Gasteiger partial charge in [-0.3, -0.25) is 4.79 Å². The number of para-hydroxylation sites is 1. The van der Waals surface area contributed by atoms with Gasteiger partial charge in [0, 0.05) is 5.56 Å². The molecule has 0 spiro atoms. The number of hydrogen-bond donors (Lipinski definition) is 2. The van der Waals surface area contributed by atoms with E-state index >= 15 is 0 Å². The number of carbonyl (C=O) groups excluding carboxylic acids is 1. The Morgan fingerprint density at radius 3 is 2.33 bits per heavy atom. The summed E-state index contributed by atoms with van der Waals surface area (Å²) in [5, 5.41) is 5.46. The number of anilines is 1. The zero-order valence-electron chi connectivity index (χ0n) is 12.2. The van der Waals surface area contributed by atoms with Crippen molar-refractivity contribution < 1.29 is 10.1 Å². The number of nitrogens with two attached hydrogens (primary N) is 1. The molecule has 0 saturated heterocycles. The number of carbonyl (C=O) groups is 1. The number of benzene rings is 2. The minimum absolute atomic E-state index is 0.0501. The number of nitrogens with one attached hydrogen (secondary N) is 1. The molecule has 0 aliphatic carbocycles. The van der Waals surface area contributed by atoms with Crippen molar-refractivity contribution in [2.75, 3.05) is 5.32 Å². The first kappa shape index (κ1) is 15.5. The predicted molar refractivity (Wildman–Crippen MR) is 86.3 cm³/mol. The third-order valence-electron chi connectivity index (χ3n) is 3.45. The Hall–Kier alpha value is -1.84. The van der Waals surface area contributed by atoms with Gasteiger partial charge in [-0.15, -0.1) is 0 Å². The zero-order valence-corrected chi connectivity index (χ0v) is 13.0. The highest BCUT2D eigenvalue weighted by atomic mass is 35.5. The SMILES string of the molecule is C[C@H]([NH2+][C@H](C)c1ccccc1)C(=O)Nc1ccccc1Cl. The van der Waals surface area contributed by atoms with Gasteiger partial charge in [0.25, 0.3) is 5.91 Å². The Kier molecular flexibility index (Phi) is 5.37. The molecular weight excluding hydrogens is 284 g/mol. The predicted octanol–water partition coefficient (Wildman–Crippen LogP) is 2.99. The summed E-state index contributed by atoms with van der Waals surface area (Å²) < 4.78 is 0. The van der Waals surface area contributed by atoms with Gasteiger partial charge in [-0.1, -0.05) is 54.1 Å². The van der Waals surface area contributed by atoms with Gasteiger partial charge in [0.2, 0.25) is 0 Å². The lowest BCUT2D eigenvalue weighted by molar-refractivity contribution is -0.709. The van der Waals surface area contributed by atoms with Crippen molar-refractivity contribution >= 4 is 23.2 Å². The third kappa shape index (κ3) is 4.31. The van der Waals surface area contributed by atoms with Crippen molar-refractivity contribution in [2.45, 2.75) is 25.9 Å². The summed E-state index contributed by atoms with van der Waals surface area (Å²) in [5.74, 6) is -0.0501. The largest absolute Gasteiger partial charge is 0.330 e. The molecule has 21 heavy (non-hydrogen) atoms. The first-order valence-electron chi connectivity index (χ1n) is 7.03. The van der Waals surface area contributed by atoms with Crippen LogP contribution in [0.5, 0.6) is 0 Å². The van der Waals surface area contributed by atoms with E-state index in [1.54, 1.807) is 12.1 Å². The smallest absolute Gasteiger partial charge is 0.282 e. The molecule has 0 heterocycles. The van der Waals surface area contributed by atoms with Crippen LogP contribution in [-0.4, -0.2) is 11.9 Å². The lowest BCUT2D eigenvalue weighted by Crippen LogP contribution is -2.91. The van der Waals surface area contributed by atoms with Gasteiger partial charge in [0.15, 0.2) is 6.04 Å². The van der Waals surface area contributed by atoms with Crippen LogP contribution in [0, 0.1) is 0 Å². The van der Waals surface area contributed by atoms with Crippen molar-refractivity contribution in [1.29, 1.82) is 0 Å². The second-order valence-electron chi connectivity index (χ2n) is 5.15. The first-order chi connectivity index (χ1) is 10.1. The summed E-state index contributed by atoms with van der Waals surface area (Å²) >= 11 is 6.05. The molecule has 2 aromatic rings. The highest BCUT2D eigenvalue weighted by Gasteiger charge is 2.20. The van der Waals surface area contributed by atoms with E-state index in [-0.39, 0.29) is 18.0 Å². The third-order valence-corrected chi connectivity index (χ3v) is 3.78. The Bertz CT molecular complexity index is 601. The molecule has 0 radical (unpaired) electrons. The van der Waals surface area contributed by atoms with Crippen molar-refractivity contribution in [3.8, 4) is 0 Å². The summed E-state index contributed by atoms with van der Waals surface area (Å²) in [7, 11) is 0. The average Bonchev–Trinajstić information content (AvgIpc) is 2.50. The van der Waals surface area contributed by atoms with Gasteiger partial charge in [0.05, 0.1) is 10.7 Å². The molecule has 2 rings (SSSR count). The fourth-order valence-electron chi connectivity index (χ4n) is 2.20. The van der Waals surface area contributed by atoms with Gasteiger partial charge in [-0.2, -0.15) is 0 Å². The van der Waals surface area contributed by atoms with Gasteiger partial charge in [0.1, 0.15) is 6.04 Å². The van der Waals surface area contributed by atoms with Crippen LogP contribution >= 0.6 is 11.6 Å². The number of quaternary nitrogens is 1. The summed E-state index contributed by atoms with van der Waals surface area (Å²) in [4.78, 5) is 12.2. The normalized spacial score (nSPS) is 13.5. The van der Waals surface area contributed by atoms with Crippen molar-refractivity contribution in [3.63, 3.8) is 0 Å². The lowest BCUT2D eigenvalue weighted by Gasteiger charge is -2.17. The Morgan fingerprint density at radius 1 is 1.05 bits per heavy atom. The fraction of sp³-hybridized carbons (Fsp3) is 0.235. The highest BCUT2D eigenvalue weighted by Crippen LogP contribution is 2.20. The van der Waals surface area contributed by atoms with Crippen molar-refractivity contribution in [1.82, 2.24) is 0 Å². The second kappa shape index (κ2) is 7.25. The van der Waals surface area contributed by atoms with E-state index in [0.717, 1.165) is 0 Å². The molecule has 0 bridgehead atoms. The van der Waals surface area contributed by atoms with Crippen LogP contribution in [0.15, 0.2) is 54.6 Å². The summed E-state index contributed by atoms with van der Waals surface area (Å²) in [5.41, 5.74) is 1.85. The Labute approximate surface area is 130 Å². The van der Waals surface area contributed by atoms with E-state index in [2.05, 4.69) is 24.4 Å². The van der Waals surface area contributed by atoms with Crippen LogP contribution in [-0.2, 0) is 4.79 Å². The minimum atomic E-state index is -0.198. The van der Waals surface area contributed by atoms with E-state index < -0.39 is 0 Å². The van der Waals surface area contributed by atoms with Crippen LogP contribution in [0.4, 0.5) is 5.69 Å². The summed E-state index contributed by atoms with van der Waals surface area (Å²) in [6, 6.07) is 17.4. The molecule has 0 unspecified atom stereocenters. The maximum absolute atomic E-state index is 12.2. The fourth-order valence-corrected chi connectivity index (χ4v) is 2.38. The monoisotopic (exact) mass is 303 g/mol. The molecule has 0 aromatic heterocycles. The lowest BCUT2D eigenvalue weighted by atomic mass is 10.1. The molecule has 4 heteroatoms. The number of rotatable bonds is 5. The van der Waals surface area contributed by atoms with Crippen LogP contribution in [0.3, 0.4) is 0 Å². The topological polar surface area (TPSA) is 45.7 Å². The molecular formula is C17H20ClN2O+. The van der Waals surface area contributed by atoms with Crippen LogP contribution in [0.25, 0.3) is 0 Å². The zero-order chi connectivity index (χ0) is 15.2. The quantitative estimate of drug-likeness (QED) is 0.876. The van der Waals surface area contributed by atoms with Gasteiger partial charge < -0.3 is 10.6 Å². The molecule has 0 saturated carbocycles. The number of halogens is 1. The average molecular weight is 304 g/mol. The molecule has 0 fully saturated rings. The van der Waals surface area contributed by atoms with E-state index in [1.165, 1.54) is 5.56 Å². The van der Waals surface area contributed by atoms with Crippen molar-refractivity contribution in [3.05, 3.63) is 65.2 Å². The molecule has 3 N–H and O–H groups in total. The maximum Gasteiger partial charge on any atom is 0.282 e. The summed E-state index contributed by atoms with van der Waals surface area (Å²) in [6.45, 7) is 3.99. The minimum Gasteiger partial charge on any atom is -0.330 e. The Morgan fingerprint density at radius 2 is 1.67 bits per heavy atom. The Balaban J connectivity index is 1.95. The molecule has 110 valence electrons. The molecule has 3 nitrogen and oxygen atoms in total. The van der Waals surface area contributed by atoms with Crippen LogP contribution in [0.2, 0.25) is 5.02 Å². The van der Waals surface area contributed by atoms with Gasteiger partial charge in [-0.05, 0) is 26.0 Å². The van der Waals surface area contributed by atoms with Crippen LogP contribution in [0.1, 0.15) is 25.5 Å². The van der Waals surface area contributed by atoms with Crippen molar-refractivity contribution in [2.24, 2.45) is 0 Å². The van der Waals surface area contributed by atoms with Gasteiger partial charge >= 0.3 is 0 Å². The maximum atomic E-state index is 12.2. The van der Waals surface area contributed by atoms with E-state index in [0.29, 0.717) is 10.7 Å². The molecule has 2 atom stereocenters. The van der Waals surface area contributed by atoms with E-state index in [9.17, 15) is 4.79 Å². The summed E-state index contributed by atoms with van der Waals surface area (Å²) in [6.07, 6.45) is 0. The number of hydrogen-bond acceptors (Lipinski definition) is 1. The number of amides is 1. The van der Waals surface area contributed by atoms with Crippen LogP contribution < -0.4 is 10.6 Å². The van der Waals surface area contributed by atoms with E-state index in [1.807, 2.05) is 42.6 Å². The molecule has 2 aromatic carbocycles. The molecule has 0 aliphatic heterocycles. The molecule has 1 amide bonds. The molecule has 0 aliphatic rings. The highest BCUT2D eigenvalue weighted by molar-refractivity contribution is 6.33. The first-order valence-corrected chi connectivity index (χ1v) is 7.41.